The predicted octanol–water partition coefficient (Wildman–Crippen LogP) is 2.42. The lowest BCUT2D eigenvalue weighted by Gasteiger charge is -2.24. The molecule has 1 rings (SSSR count). The quantitative estimate of drug-likeness (QED) is 0.611. The predicted molar refractivity (Wildman–Crippen MR) is 47.4 cm³/mol. The first-order chi connectivity index (χ1) is 5.02. The zero-order valence-electron chi connectivity index (χ0n) is 7.52. The van der Waals surface area contributed by atoms with Crippen molar-refractivity contribution in [3.8, 4) is 0 Å². The van der Waals surface area contributed by atoms with Gasteiger partial charge in [-0.2, -0.15) is 0 Å². The summed E-state index contributed by atoms with van der Waals surface area (Å²) in [7, 11) is 0. The molecule has 0 unspecified atom stereocenters. The van der Waals surface area contributed by atoms with Crippen molar-refractivity contribution in [1.29, 1.82) is 0 Å². The van der Waals surface area contributed by atoms with Crippen LogP contribution in [0, 0.1) is 0 Å². The largest absolute Gasteiger partial charge is 0.386 e. The second-order valence-electron chi connectivity index (χ2n) is 3.64. The third-order valence-corrected chi connectivity index (χ3v) is 2.05. The van der Waals surface area contributed by atoms with Crippen molar-refractivity contribution in [2.75, 3.05) is 0 Å². The summed E-state index contributed by atoms with van der Waals surface area (Å²) in [6, 6.07) is 0. The molecule has 0 spiro atoms. The number of hydrogen-bond acceptors (Lipinski definition) is 1. The molecule has 62 valence electrons. The molecule has 0 saturated heterocycles. The Morgan fingerprint density at radius 1 is 1.27 bits per heavy atom. The van der Waals surface area contributed by atoms with E-state index in [0.717, 1.165) is 18.4 Å². The van der Waals surface area contributed by atoms with Gasteiger partial charge >= 0.3 is 0 Å². The van der Waals surface area contributed by atoms with Gasteiger partial charge in [0.25, 0.3) is 0 Å². The van der Waals surface area contributed by atoms with Crippen molar-refractivity contribution in [2.45, 2.75) is 39.2 Å². The average molecular weight is 152 g/mol. The molecule has 0 fully saturated rings. The molecular formula is C10H16O. The smallest absolute Gasteiger partial charge is 0.0839 e. The Bertz CT molecular complexity index is 203. The zero-order chi connectivity index (χ0) is 8.48. The minimum Gasteiger partial charge on any atom is -0.386 e. The standard InChI is InChI=1S/C10H16O/c1-8-6-4-5-7-9(8)10(2,3)11/h6-7,11H,4-5H2,1-3H3. The normalized spacial score (nSPS) is 19.3. The van der Waals surface area contributed by atoms with Gasteiger partial charge in [-0.15, -0.1) is 0 Å². The Hall–Kier alpha value is -0.560. The van der Waals surface area contributed by atoms with Gasteiger partial charge in [-0.25, -0.2) is 0 Å². The minimum absolute atomic E-state index is 0.666. The molecule has 0 aliphatic heterocycles. The van der Waals surface area contributed by atoms with Crippen LogP contribution in [-0.2, 0) is 0 Å². The van der Waals surface area contributed by atoms with Crippen LogP contribution in [0.25, 0.3) is 0 Å². The fraction of sp³-hybridized carbons (Fsp3) is 0.600. The molecule has 1 N–H and O–H groups in total. The lowest BCUT2D eigenvalue weighted by atomic mass is 9.87. The maximum Gasteiger partial charge on any atom is 0.0839 e. The maximum absolute atomic E-state index is 9.70. The van der Waals surface area contributed by atoms with Crippen LogP contribution < -0.4 is 0 Å². The molecule has 0 amide bonds. The number of rotatable bonds is 1. The van der Waals surface area contributed by atoms with Crippen molar-refractivity contribution >= 4 is 0 Å². The van der Waals surface area contributed by atoms with Gasteiger partial charge in [-0.05, 0) is 44.8 Å². The molecule has 0 heterocycles. The fourth-order valence-electron chi connectivity index (χ4n) is 1.53. The highest BCUT2D eigenvalue weighted by molar-refractivity contribution is 5.37. The SMILES string of the molecule is CC1=CCCC=C1C(C)(C)O. The molecule has 0 bridgehead atoms. The summed E-state index contributed by atoms with van der Waals surface area (Å²) in [5.74, 6) is 0. The van der Waals surface area contributed by atoms with Crippen molar-refractivity contribution in [2.24, 2.45) is 0 Å². The van der Waals surface area contributed by atoms with Crippen LogP contribution in [0.4, 0.5) is 0 Å². The maximum atomic E-state index is 9.70. The van der Waals surface area contributed by atoms with Gasteiger partial charge in [0.15, 0.2) is 0 Å². The van der Waals surface area contributed by atoms with E-state index in [9.17, 15) is 5.11 Å². The Morgan fingerprint density at radius 3 is 2.18 bits per heavy atom. The molecule has 0 aromatic heterocycles. The van der Waals surface area contributed by atoms with Gasteiger partial charge in [0.05, 0.1) is 5.60 Å². The topological polar surface area (TPSA) is 20.2 Å². The van der Waals surface area contributed by atoms with Crippen LogP contribution >= 0.6 is 0 Å². The van der Waals surface area contributed by atoms with Crippen LogP contribution in [0.3, 0.4) is 0 Å². The molecule has 0 radical (unpaired) electrons. The van der Waals surface area contributed by atoms with Crippen LogP contribution in [0.15, 0.2) is 23.3 Å². The monoisotopic (exact) mass is 152 g/mol. The van der Waals surface area contributed by atoms with Gasteiger partial charge in [0.1, 0.15) is 0 Å². The summed E-state index contributed by atoms with van der Waals surface area (Å²) in [6.45, 7) is 5.73. The molecule has 0 atom stereocenters. The summed E-state index contributed by atoms with van der Waals surface area (Å²) in [4.78, 5) is 0. The van der Waals surface area contributed by atoms with Crippen molar-refractivity contribution < 1.29 is 5.11 Å². The van der Waals surface area contributed by atoms with E-state index in [4.69, 9.17) is 0 Å². The van der Waals surface area contributed by atoms with E-state index in [1.165, 1.54) is 5.57 Å². The second kappa shape index (κ2) is 2.82. The Morgan fingerprint density at radius 2 is 1.82 bits per heavy atom. The summed E-state index contributed by atoms with van der Waals surface area (Å²) in [5, 5.41) is 9.70. The van der Waals surface area contributed by atoms with Gasteiger partial charge in [-0.3, -0.25) is 0 Å². The van der Waals surface area contributed by atoms with Gasteiger partial charge in [0, 0.05) is 0 Å². The number of hydrogen-bond donors (Lipinski definition) is 1. The zero-order valence-corrected chi connectivity index (χ0v) is 7.52. The van der Waals surface area contributed by atoms with Crippen molar-refractivity contribution in [1.82, 2.24) is 0 Å². The van der Waals surface area contributed by atoms with Gasteiger partial charge in [-0.1, -0.05) is 12.2 Å². The van der Waals surface area contributed by atoms with Crippen molar-refractivity contribution in [3.63, 3.8) is 0 Å². The fourth-order valence-corrected chi connectivity index (χ4v) is 1.53. The van der Waals surface area contributed by atoms with Crippen LogP contribution in [0.5, 0.6) is 0 Å². The van der Waals surface area contributed by atoms with E-state index in [2.05, 4.69) is 19.1 Å². The van der Waals surface area contributed by atoms with E-state index in [1.54, 1.807) is 0 Å². The van der Waals surface area contributed by atoms with E-state index in [0.29, 0.717) is 0 Å². The summed E-state index contributed by atoms with van der Waals surface area (Å²) in [5.41, 5.74) is 1.65. The van der Waals surface area contributed by atoms with Crippen molar-refractivity contribution in [3.05, 3.63) is 23.3 Å². The molecule has 0 aromatic carbocycles. The first kappa shape index (κ1) is 8.54. The lowest BCUT2D eigenvalue weighted by molar-refractivity contribution is 0.121. The van der Waals surface area contributed by atoms with Gasteiger partial charge in [0.2, 0.25) is 0 Å². The van der Waals surface area contributed by atoms with Crippen LogP contribution in [-0.4, -0.2) is 10.7 Å². The van der Waals surface area contributed by atoms with Gasteiger partial charge < -0.3 is 5.11 Å². The molecule has 1 aliphatic carbocycles. The highest BCUT2D eigenvalue weighted by Crippen LogP contribution is 2.27. The molecule has 11 heavy (non-hydrogen) atoms. The first-order valence-corrected chi connectivity index (χ1v) is 4.12. The number of aliphatic hydroxyl groups is 1. The molecule has 0 aromatic rings. The third-order valence-electron chi connectivity index (χ3n) is 2.05. The average Bonchev–Trinajstić information content (AvgIpc) is 1.86. The highest BCUT2D eigenvalue weighted by Gasteiger charge is 2.21. The van der Waals surface area contributed by atoms with Crippen LogP contribution in [0.1, 0.15) is 33.6 Å². The first-order valence-electron chi connectivity index (χ1n) is 4.12. The minimum atomic E-state index is -0.666. The summed E-state index contributed by atoms with van der Waals surface area (Å²) in [6.07, 6.45) is 6.50. The molecule has 1 nitrogen and oxygen atoms in total. The van der Waals surface area contributed by atoms with E-state index in [-0.39, 0.29) is 0 Å². The third kappa shape index (κ3) is 1.93. The van der Waals surface area contributed by atoms with E-state index >= 15 is 0 Å². The second-order valence-corrected chi connectivity index (χ2v) is 3.64. The summed E-state index contributed by atoms with van der Waals surface area (Å²) >= 11 is 0. The Balaban J connectivity index is 2.87. The molecule has 0 saturated carbocycles. The van der Waals surface area contributed by atoms with E-state index < -0.39 is 5.60 Å². The highest BCUT2D eigenvalue weighted by atomic mass is 16.3. The molecule has 1 heteroatoms. The summed E-state index contributed by atoms with van der Waals surface area (Å²) < 4.78 is 0. The van der Waals surface area contributed by atoms with E-state index in [1.807, 2.05) is 13.8 Å². The Labute approximate surface area is 68.4 Å². The number of allylic oxidation sites excluding steroid dienone is 2. The molecular weight excluding hydrogens is 136 g/mol. The van der Waals surface area contributed by atoms with Crippen LogP contribution in [0.2, 0.25) is 0 Å². The Kier molecular flexibility index (Phi) is 2.19. The lowest BCUT2D eigenvalue weighted by Crippen LogP contribution is -2.23. The molecule has 1 aliphatic rings.